The molecule has 0 spiro atoms. The number of aryl methyl sites for hydroxylation is 1. The largest absolute Gasteiger partial charge is 0.292 e. The number of rotatable bonds is 3. The maximum absolute atomic E-state index is 12.0. The van der Waals surface area contributed by atoms with Crippen molar-refractivity contribution in [3.63, 3.8) is 0 Å². The summed E-state index contributed by atoms with van der Waals surface area (Å²) in [5.74, 6) is 0.0351. The van der Waals surface area contributed by atoms with Crippen molar-refractivity contribution in [3.8, 4) is 0 Å². The van der Waals surface area contributed by atoms with E-state index >= 15 is 0 Å². The van der Waals surface area contributed by atoms with E-state index < -0.39 is 0 Å². The first kappa shape index (κ1) is 11.9. The first-order valence-electron chi connectivity index (χ1n) is 5.37. The van der Waals surface area contributed by atoms with Crippen molar-refractivity contribution in [1.82, 2.24) is 9.78 Å². The van der Waals surface area contributed by atoms with Gasteiger partial charge in [-0.3, -0.25) is 9.48 Å². The number of hydrogen-bond acceptors (Lipinski definition) is 2. The van der Waals surface area contributed by atoms with Gasteiger partial charge in [0, 0.05) is 5.56 Å². The Hall–Kier alpha value is -1.61. The Morgan fingerprint density at radius 2 is 1.94 bits per heavy atom. The van der Waals surface area contributed by atoms with Crippen LogP contribution >= 0.6 is 11.6 Å². The number of aromatic nitrogens is 2. The summed E-state index contributed by atoms with van der Waals surface area (Å²) in [5.41, 5.74) is 2.27. The summed E-state index contributed by atoms with van der Waals surface area (Å²) in [6.45, 7) is 3.92. The van der Waals surface area contributed by atoms with Gasteiger partial charge in [0.2, 0.25) is 0 Å². The van der Waals surface area contributed by atoms with Crippen LogP contribution < -0.4 is 0 Å². The lowest BCUT2D eigenvalue weighted by Gasteiger charge is -2.03. The van der Waals surface area contributed by atoms with E-state index in [2.05, 4.69) is 5.10 Å². The summed E-state index contributed by atoms with van der Waals surface area (Å²) in [7, 11) is 0. The molecule has 0 atom stereocenters. The van der Waals surface area contributed by atoms with Gasteiger partial charge in [-0.2, -0.15) is 5.10 Å². The zero-order chi connectivity index (χ0) is 12.4. The molecule has 1 aromatic heterocycles. The average Bonchev–Trinajstić information content (AvgIpc) is 2.58. The lowest BCUT2D eigenvalue weighted by molar-refractivity contribution is 0.0967. The standard InChI is InChI=1S/C13H13ClN2O/c1-9-13(14)10(2)16(15-9)8-12(17)11-6-4-3-5-7-11/h3-7H,8H2,1-2H3. The fraction of sp³-hybridized carbons (Fsp3) is 0.231. The number of carbonyl (C=O) groups excluding carboxylic acids is 1. The summed E-state index contributed by atoms with van der Waals surface area (Å²) >= 11 is 6.03. The van der Waals surface area contributed by atoms with E-state index in [1.807, 2.05) is 32.0 Å². The van der Waals surface area contributed by atoms with Crippen LogP contribution in [0.2, 0.25) is 5.02 Å². The van der Waals surface area contributed by atoms with Gasteiger partial charge < -0.3 is 0 Å². The molecule has 1 heterocycles. The van der Waals surface area contributed by atoms with Crippen molar-refractivity contribution < 1.29 is 4.79 Å². The minimum atomic E-state index is 0.0351. The van der Waals surface area contributed by atoms with E-state index in [0.29, 0.717) is 10.6 Å². The first-order valence-corrected chi connectivity index (χ1v) is 5.75. The van der Waals surface area contributed by atoms with E-state index in [4.69, 9.17) is 11.6 Å². The molecule has 17 heavy (non-hydrogen) atoms. The highest BCUT2D eigenvalue weighted by atomic mass is 35.5. The highest BCUT2D eigenvalue weighted by molar-refractivity contribution is 6.31. The second kappa shape index (κ2) is 4.72. The van der Waals surface area contributed by atoms with Crippen LogP contribution in [0.5, 0.6) is 0 Å². The quantitative estimate of drug-likeness (QED) is 0.783. The van der Waals surface area contributed by atoms with E-state index in [1.165, 1.54) is 0 Å². The second-order valence-electron chi connectivity index (χ2n) is 3.93. The van der Waals surface area contributed by atoms with Crippen LogP contribution in [0.1, 0.15) is 21.7 Å². The monoisotopic (exact) mass is 248 g/mol. The van der Waals surface area contributed by atoms with Gasteiger partial charge in [0.25, 0.3) is 0 Å². The van der Waals surface area contributed by atoms with E-state index in [9.17, 15) is 4.79 Å². The van der Waals surface area contributed by atoms with E-state index in [1.54, 1.807) is 16.8 Å². The lowest BCUT2D eigenvalue weighted by atomic mass is 10.1. The van der Waals surface area contributed by atoms with Crippen LogP contribution in [0.25, 0.3) is 0 Å². The van der Waals surface area contributed by atoms with Crippen molar-refractivity contribution in [2.45, 2.75) is 20.4 Å². The summed E-state index contributed by atoms with van der Waals surface area (Å²) in [4.78, 5) is 12.0. The minimum absolute atomic E-state index is 0.0351. The molecular formula is C13H13ClN2O. The zero-order valence-corrected chi connectivity index (χ0v) is 10.5. The van der Waals surface area contributed by atoms with Gasteiger partial charge in [-0.05, 0) is 13.8 Å². The molecule has 0 aliphatic rings. The van der Waals surface area contributed by atoms with Crippen molar-refractivity contribution in [2.24, 2.45) is 0 Å². The Bertz CT molecular complexity index is 546. The van der Waals surface area contributed by atoms with Crippen molar-refractivity contribution in [3.05, 3.63) is 52.3 Å². The molecule has 0 fully saturated rings. The number of nitrogens with zero attached hydrogens (tertiary/aromatic N) is 2. The fourth-order valence-corrected chi connectivity index (χ4v) is 1.82. The van der Waals surface area contributed by atoms with Crippen LogP contribution in [-0.2, 0) is 6.54 Å². The van der Waals surface area contributed by atoms with Crippen LogP contribution in [0.15, 0.2) is 30.3 Å². The van der Waals surface area contributed by atoms with Gasteiger partial charge in [0.15, 0.2) is 5.78 Å². The van der Waals surface area contributed by atoms with Crippen molar-refractivity contribution in [2.75, 3.05) is 0 Å². The topological polar surface area (TPSA) is 34.9 Å². The number of halogens is 1. The third-order valence-corrected chi connectivity index (χ3v) is 3.23. The first-order chi connectivity index (χ1) is 8.09. The molecule has 0 N–H and O–H groups in total. The van der Waals surface area contributed by atoms with Crippen LogP contribution in [0.4, 0.5) is 0 Å². The van der Waals surface area contributed by atoms with Gasteiger partial charge in [-0.15, -0.1) is 0 Å². The molecule has 2 aromatic rings. The molecule has 0 aliphatic carbocycles. The minimum Gasteiger partial charge on any atom is -0.292 e. The predicted molar refractivity (Wildman–Crippen MR) is 67.5 cm³/mol. The van der Waals surface area contributed by atoms with Crippen LogP contribution in [0.3, 0.4) is 0 Å². The molecule has 0 bridgehead atoms. The van der Waals surface area contributed by atoms with Gasteiger partial charge in [0.1, 0.15) is 6.54 Å². The number of carbonyl (C=O) groups is 1. The molecule has 3 nitrogen and oxygen atoms in total. The molecule has 0 saturated carbocycles. The predicted octanol–water partition coefficient (Wildman–Crippen LogP) is 3.04. The normalized spacial score (nSPS) is 10.5. The molecule has 2 rings (SSSR count). The summed E-state index contributed by atoms with van der Waals surface area (Å²) < 4.78 is 1.65. The summed E-state index contributed by atoms with van der Waals surface area (Å²) in [6.07, 6.45) is 0. The fourth-order valence-electron chi connectivity index (χ4n) is 1.68. The number of benzene rings is 1. The van der Waals surface area contributed by atoms with Gasteiger partial charge in [0.05, 0.1) is 16.4 Å². The van der Waals surface area contributed by atoms with E-state index in [-0.39, 0.29) is 12.3 Å². The Balaban J connectivity index is 2.22. The molecule has 0 saturated heterocycles. The van der Waals surface area contributed by atoms with Gasteiger partial charge in [-0.1, -0.05) is 41.9 Å². The van der Waals surface area contributed by atoms with Crippen LogP contribution in [-0.4, -0.2) is 15.6 Å². The molecule has 1 aromatic carbocycles. The third kappa shape index (κ3) is 2.39. The molecular weight excluding hydrogens is 236 g/mol. The highest BCUT2D eigenvalue weighted by Crippen LogP contribution is 2.19. The summed E-state index contributed by atoms with van der Waals surface area (Å²) in [5, 5.41) is 4.87. The van der Waals surface area contributed by atoms with Gasteiger partial charge in [-0.25, -0.2) is 0 Å². The average molecular weight is 249 g/mol. The Morgan fingerprint density at radius 3 is 2.47 bits per heavy atom. The maximum atomic E-state index is 12.0. The van der Waals surface area contributed by atoms with E-state index in [0.717, 1.165) is 11.4 Å². The van der Waals surface area contributed by atoms with Crippen molar-refractivity contribution >= 4 is 17.4 Å². The number of Topliss-reactive ketones (excluding diaryl/α,β-unsaturated/α-hetero) is 1. The Morgan fingerprint density at radius 1 is 1.29 bits per heavy atom. The SMILES string of the molecule is Cc1nn(CC(=O)c2ccccc2)c(C)c1Cl. The Labute approximate surface area is 105 Å². The third-order valence-electron chi connectivity index (χ3n) is 2.68. The number of ketones is 1. The molecule has 4 heteroatoms. The molecule has 88 valence electrons. The Kier molecular flexibility index (Phi) is 3.29. The molecule has 0 aliphatic heterocycles. The summed E-state index contributed by atoms with van der Waals surface area (Å²) in [6, 6.07) is 9.19. The smallest absolute Gasteiger partial charge is 0.184 e. The lowest BCUT2D eigenvalue weighted by Crippen LogP contribution is -2.12. The number of hydrogen-bond donors (Lipinski definition) is 0. The second-order valence-corrected chi connectivity index (χ2v) is 4.31. The molecule has 0 radical (unpaired) electrons. The highest BCUT2D eigenvalue weighted by Gasteiger charge is 2.12. The maximum Gasteiger partial charge on any atom is 0.184 e. The van der Waals surface area contributed by atoms with Gasteiger partial charge >= 0.3 is 0 Å². The van der Waals surface area contributed by atoms with Crippen LogP contribution in [0, 0.1) is 13.8 Å². The molecule has 0 amide bonds. The molecule has 0 unspecified atom stereocenters. The zero-order valence-electron chi connectivity index (χ0n) is 9.77. The van der Waals surface area contributed by atoms with Crippen molar-refractivity contribution in [1.29, 1.82) is 0 Å².